The molecule has 2 N–H and O–H groups in total. The highest BCUT2D eigenvalue weighted by Crippen LogP contribution is 2.05. The van der Waals surface area contributed by atoms with Crippen molar-refractivity contribution in [2.24, 2.45) is 5.92 Å². The van der Waals surface area contributed by atoms with Crippen LogP contribution in [0.3, 0.4) is 0 Å². The summed E-state index contributed by atoms with van der Waals surface area (Å²) < 4.78 is 0. The maximum absolute atomic E-state index is 11.5. The Morgan fingerprint density at radius 2 is 2.33 bits per heavy atom. The van der Waals surface area contributed by atoms with E-state index in [2.05, 4.69) is 29.4 Å². The molecule has 4 nitrogen and oxygen atoms in total. The van der Waals surface area contributed by atoms with E-state index in [-0.39, 0.29) is 5.91 Å². The molecule has 0 spiro atoms. The van der Waals surface area contributed by atoms with Crippen LogP contribution in [0, 0.1) is 5.92 Å². The average molecular weight is 213 g/mol. The third-order valence-electron chi connectivity index (χ3n) is 2.76. The molecule has 1 unspecified atom stereocenters. The molecule has 4 heteroatoms. The molecule has 0 aromatic rings. The minimum absolute atomic E-state index is 0.137. The van der Waals surface area contributed by atoms with Gasteiger partial charge in [0.05, 0.1) is 6.54 Å². The van der Waals surface area contributed by atoms with Gasteiger partial charge in [0, 0.05) is 19.1 Å². The van der Waals surface area contributed by atoms with Crippen molar-refractivity contribution in [3.8, 4) is 0 Å². The number of hydrogen-bond donors (Lipinski definition) is 2. The molecule has 1 saturated heterocycles. The number of nitrogens with zero attached hydrogens (tertiary/aromatic N) is 1. The Kier molecular flexibility index (Phi) is 5.05. The molecule has 1 fully saturated rings. The summed E-state index contributed by atoms with van der Waals surface area (Å²) in [6.45, 7) is 7.57. The molecule has 1 aliphatic heterocycles. The molecule has 1 rings (SSSR count). The molecule has 0 aromatic carbocycles. The number of carbonyl (C=O) groups is 1. The van der Waals surface area contributed by atoms with E-state index in [1.54, 1.807) is 0 Å². The monoisotopic (exact) mass is 213 g/mol. The Bertz CT molecular complexity index is 200. The third kappa shape index (κ3) is 4.62. The van der Waals surface area contributed by atoms with Gasteiger partial charge in [-0.25, -0.2) is 0 Å². The van der Waals surface area contributed by atoms with Gasteiger partial charge in [0.2, 0.25) is 5.91 Å². The summed E-state index contributed by atoms with van der Waals surface area (Å²) >= 11 is 0. The van der Waals surface area contributed by atoms with Crippen molar-refractivity contribution in [3.63, 3.8) is 0 Å². The molecule has 1 atom stereocenters. The van der Waals surface area contributed by atoms with Crippen LogP contribution < -0.4 is 10.6 Å². The summed E-state index contributed by atoms with van der Waals surface area (Å²) in [6.07, 6.45) is 1.15. The van der Waals surface area contributed by atoms with Gasteiger partial charge in [-0.3, -0.25) is 9.69 Å². The van der Waals surface area contributed by atoms with Crippen molar-refractivity contribution >= 4 is 5.91 Å². The summed E-state index contributed by atoms with van der Waals surface area (Å²) in [6, 6.07) is 0.523. The van der Waals surface area contributed by atoms with Gasteiger partial charge in [0.1, 0.15) is 0 Å². The molecule has 88 valence electrons. The first-order chi connectivity index (χ1) is 7.09. The van der Waals surface area contributed by atoms with Gasteiger partial charge in [-0.2, -0.15) is 0 Å². The third-order valence-corrected chi connectivity index (χ3v) is 2.76. The van der Waals surface area contributed by atoms with E-state index in [1.165, 1.54) is 0 Å². The highest BCUT2D eigenvalue weighted by Gasteiger charge is 2.20. The number of nitrogens with one attached hydrogen (secondary N) is 2. The molecule has 0 saturated carbocycles. The zero-order valence-corrected chi connectivity index (χ0v) is 10.0. The van der Waals surface area contributed by atoms with E-state index in [1.807, 2.05) is 7.05 Å². The largest absolute Gasteiger partial charge is 0.355 e. The van der Waals surface area contributed by atoms with Crippen LogP contribution in [0.4, 0.5) is 0 Å². The predicted octanol–water partition coefficient (Wildman–Crippen LogP) is 0.0523. The molecule has 1 aliphatic rings. The molecule has 15 heavy (non-hydrogen) atoms. The topological polar surface area (TPSA) is 44.4 Å². The van der Waals surface area contributed by atoms with Gasteiger partial charge in [-0.05, 0) is 25.9 Å². The molecular weight excluding hydrogens is 190 g/mol. The molecular formula is C11H23N3O. The van der Waals surface area contributed by atoms with E-state index in [0.29, 0.717) is 18.5 Å². The molecule has 0 bridgehead atoms. The van der Waals surface area contributed by atoms with E-state index >= 15 is 0 Å². The fraction of sp³-hybridized carbons (Fsp3) is 0.909. The smallest absolute Gasteiger partial charge is 0.234 e. The first-order valence-electron chi connectivity index (χ1n) is 5.77. The Hall–Kier alpha value is -0.610. The lowest BCUT2D eigenvalue weighted by atomic mass is 10.2. The van der Waals surface area contributed by atoms with E-state index in [0.717, 1.165) is 26.1 Å². The van der Waals surface area contributed by atoms with Gasteiger partial charge >= 0.3 is 0 Å². The molecule has 1 amide bonds. The molecule has 0 radical (unpaired) electrons. The SMILES string of the molecule is CC(C)CNC(=O)CN(C)C1CCNC1. The lowest BCUT2D eigenvalue weighted by molar-refractivity contribution is -0.122. The minimum Gasteiger partial charge on any atom is -0.355 e. The van der Waals surface area contributed by atoms with Crippen molar-refractivity contribution in [2.75, 3.05) is 33.2 Å². The number of amides is 1. The van der Waals surface area contributed by atoms with Crippen LogP contribution in [0.1, 0.15) is 20.3 Å². The normalized spacial score (nSPS) is 21.3. The van der Waals surface area contributed by atoms with E-state index in [9.17, 15) is 4.79 Å². The van der Waals surface area contributed by atoms with Crippen LogP contribution >= 0.6 is 0 Å². The first kappa shape index (κ1) is 12.5. The van der Waals surface area contributed by atoms with Gasteiger partial charge in [-0.1, -0.05) is 13.8 Å². The second kappa shape index (κ2) is 6.08. The lowest BCUT2D eigenvalue weighted by Crippen LogP contribution is -2.42. The number of hydrogen-bond acceptors (Lipinski definition) is 3. The number of likely N-dealkylation sites (N-methyl/N-ethyl adjacent to an activating group) is 1. The maximum atomic E-state index is 11.5. The lowest BCUT2D eigenvalue weighted by Gasteiger charge is -2.22. The van der Waals surface area contributed by atoms with Crippen LogP contribution in [-0.2, 0) is 4.79 Å². The zero-order chi connectivity index (χ0) is 11.3. The number of carbonyl (C=O) groups excluding carboxylic acids is 1. The predicted molar refractivity (Wildman–Crippen MR) is 61.8 cm³/mol. The van der Waals surface area contributed by atoms with Crippen molar-refractivity contribution in [1.29, 1.82) is 0 Å². The maximum Gasteiger partial charge on any atom is 0.234 e. The van der Waals surface area contributed by atoms with Crippen LogP contribution in [0.25, 0.3) is 0 Å². The highest BCUT2D eigenvalue weighted by molar-refractivity contribution is 5.78. The fourth-order valence-corrected chi connectivity index (χ4v) is 1.75. The van der Waals surface area contributed by atoms with Gasteiger partial charge in [0.25, 0.3) is 0 Å². The van der Waals surface area contributed by atoms with Gasteiger partial charge in [-0.15, -0.1) is 0 Å². The van der Waals surface area contributed by atoms with Crippen LogP contribution in [0.15, 0.2) is 0 Å². The van der Waals surface area contributed by atoms with Crippen LogP contribution in [-0.4, -0.2) is 50.1 Å². The zero-order valence-electron chi connectivity index (χ0n) is 10.0. The quantitative estimate of drug-likeness (QED) is 0.678. The average Bonchev–Trinajstić information content (AvgIpc) is 2.67. The Morgan fingerprint density at radius 3 is 2.87 bits per heavy atom. The van der Waals surface area contributed by atoms with Crippen molar-refractivity contribution in [2.45, 2.75) is 26.3 Å². The second-order valence-corrected chi connectivity index (χ2v) is 4.76. The summed E-state index contributed by atoms with van der Waals surface area (Å²) in [4.78, 5) is 13.7. The van der Waals surface area contributed by atoms with E-state index in [4.69, 9.17) is 0 Å². The van der Waals surface area contributed by atoms with Crippen molar-refractivity contribution in [3.05, 3.63) is 0 Å². The van der Waals surface area contributed by atoms with Gasteiger partial charge in [0.15, 0.2) is 0 Å². The summed E-state index contributed by atoms with van der Waals surface area (Å²) in [5.74, 6) is 0.658. The van der Waals surface area contributed by atoms with Crippen LogP contribution in [0.2, 0.25) is 0 Å². The summed E-state index contributed by atoms with van der Waals surface area (Å²) in [7, 11) is 2.02. The molecule has 1 heterocycles. The van der Waals surface area contributed by atoms with Crippen LogP contribution in [0.5, 0.6) is 0 Å². The van der Waals surface area contributed by atoms with E-state index < -0.39 is 0 Å². The van der Waals surface area contributed by atoms with Gasteiger partial charge < -0.3 is 10.6 Å². The summed E-state index contributed by atoms with van der Waals surface area (Å²) in [5, 5.41) is 6.24. The highest BCUT2D eigenvalue weighted by atomic mass is 16.2. The first-order valence-corrected chi connectivity index (χ1v) is 5.77. The Labute approximate surface area is 92.4 Å². The summed E-state index contributed by atoms with van der Waals surface area (Å²) in [5.41, 5.74) is 0. The minimum atomic E-state index is 0.137. The molecule has 0 aliphatic carbocycles. The second-order valence-electron chi connectivity index (χ2n) is 4.76. The fourth-order valence-electron chi connectivity index (χ4n) is 1.75. The number of rotatable bonds is 5. The van der Waals surface area contributed by atoms with Crippen molar-refractivity contribution in [1.82, 2.24) is 15.5 Å². The standard InChI is InChI=1S/C11H23N3O/c1-9(2)6-13-11(15)8-14(3)10-4-5-12-7-10/h9-10,12H,4-8H2,1-3H3,(H,13,15). The molecule has 0 aromatic heterocycles. The van der Waals surface area contributed by atoms with Crippen molar-refractivity contribution < 1.29 is 4.79 Å². The Morgan fingerprint density at radius 1 is 1.60 bits per heavy atom. The Balaban J connectivity index is 2.18.